The molecule has 9 heteroatoms. The number of benzene rings is 1. The number of carbonyl (C=O) groups is 2. The van der Waals surface area contributed by atoms with Crippen molar-refractivity contribution in [2.45, 2.75) is 25.4 Å². The van der Waals surface area contributed by atoms with Crippen LogP contribution in [-0.4, -0.2) is 31.6 Å². The summed E-state index contributed by atoms with van der Waals surface area (Å²) >= 11 is 0. The number of aryl methyl sites for hydroxylation is 1. The molecular formula is C19H18FN5O3. The molecule has 1 aliphatic heterocycles. The van der Waals surface area contributed by atoms with E-state index in [4.69, 9.17) is 4.42 Å². The summed E-state index contributed by atoms with van der Waals surface area (Å²) < 4.78 is 20.1. The number of nitrogens with zero attached hydrogens (tertiary/aromatic N) is 4. The second-order valence-corrected chi connectivity index (χ2v) is 6.63. The van der Waals surface area contributed by atoms with E-state index in [-0.39, 0.29) is 24.2 Å². The van der Waals surface area contributed by atoms with Gasteiger partial charge in [0.25, 0.3) is 5.91 Å². The summed E-state index contributed by atoms with van der Waals surface area (Å²) in [6, 6.07) is 5.20. The van der Waals surface area contributed by atoms with Gasteiger partial charge in [0.05, 0.1) is 18.4 Å². The fourth-order valence-electron chi connectivity index (χ4n) is 3.32. The molecule has 3 heterocycles. The van der Waals surface area contributed by atoms with Crippen molar-refractivity contribution in [3.8, 4) is 11.5 Å². The summed E-state index contributed by atoms with van der Waals surface area (Å²) in [6.07, 6.45) is 5.07. The Morgan fingerprint density at radius 2 is 2.00 bits per heavy atom. The minimum atomic E-state index is -1.14. The first-order valence-corrected chi connectivity index (χ1v) is 8.76. The summed E-state index contributed by atoms with van der Waals surface area (Å²) in [7, 11) is 1.75. The highest BCUT2D eigenvalue weighted by atomic mass is 19.1. The average Bonchev–Trinajstić information content (AvgIpc) is 3.38. The lowest BCUT2D eigenvalue weighted by Gasteiger charge is -2.23. The number of rotatable bonds is 5. The Kier molecular flexibility index (Phi) is 4.21. The monoisotopic (exact) mass is 383 g/mol. The van der Waals surface area contributed by atoms with Crippen molar-refractivity contribution in [2.24, 2.45) is 7.05 Å². The van der Waals surface area contributed by atoms with Crippen LogP contribution in [0.25, 0.3) is 11.5 Å². The van der Waals surface area contributed by atoms with Crippen LogP contribution in [0.3, 0.4) is 0 Å². The van der Waals surface area contributed by atoms with Gasteiger partial charge in [-0.15, -0.1) is 0 Å². The van der Waals surface area contributed by atoms with Gasteiger partial charge in [0, 0.05) is 24.4 Å². The van der Waals surface area contributed by atoms with Crippen molar-refractivity contribution >= 4 is 11.9 Å². The normalized spacial score (nSPS) is 19.3. The van der Waals surface area contributed by atoms with Crippen LogP contribution in [0.1, 0.15) is 24.6 Å². The van der Waals surface area contributed by atoms with E-state index < -0.39 is 11.6 Å². The standard InChI is InChI=1S/C19H18FN5O3/c1-3-19(13-8-21-24(2)9-13)17(26)25(18(27)23-19)10-15-11-28-16(22-15)12-4-6-14(20)7-5-12/h4-9,11H,3,10H2,1-2H3,(H,23,27)/t19-/m0/s1. The minimum Gasteiger partial charge on any atom is -0.444 e. The van der Waals surface area contributed by atoms with Gasteiger partial charge in [0.15, 0.2) is 0 Å². The molecule has 144 valence electrons. The van der Waals surface area contributed by atoms with Crippen LogP contribution in [0.15, 0.2) is 47.3 Å². The Bertz CT molecular complexity index is 1040. The first kappa shape index (κ1) is 17.9. The van der Waals surface area contributed by atoms with Gasteiger partial charge in [-0.1, -0.05) is 6.92 Å². The van der Waals surface area contributed by atoms with E-state index in [1.54, 1.807) is 36.3 Å². The molecule has 3 amide bonds. The highest BCUT2D eigenvalue weighted by molar-refractivity contribution is 6.07. The maximum Gasteiger partial charge on any atom is 0.325 e. The minimum absolute atomic E-state index is 0.0304. The molecular weight excluding hydrogens is 365 g/mol. The molecule has 1 saturated heterocycles. The lowest BCUT2D eigenvalue weighted by molar-refractivity contribution is -0.132. The van der Waals surface area contributed by atoms with Gasteiger partial charge in [0.2, 0.25) is 5.89 Å². The lowest BCUT2D eigenvalue weighted by Crippen LogP contribution is -2.43. The smallest absolute Gasteiger partial charge is 0.325 e. The maximum absolute atomic E-state index is 13.1. The number of oxazole rings is 1. The summed E-state index contributed by atoms with van der Waals surface area (Å²) in [4.78, 5) is 31.1. The van der Waals surface area contributed by atoms with E-state index in [2.05, 4.69) is 15.4 Å². The fraction of sp³-hybridized carbons (Fsp3) is 0.263. The van der Waals surface area contributed by atoms with E-state index >= 15 is 0 Å². The van der Waals surface area contributed by atoms with Crippen LogP contribution in [-0.2, 0) is 23.9 Å². The molecule has 28 heavy (non-hydrogen) atoms. The number of aromatic nitrogens is 3. The molecule has 1 N–H and O–H groups in total. The number of hydrogen-bond donors (Lipinski definition) is 1. The summed E-state index contributed by atoms with van der Waals surface area (Å²) in [5.74, 6) is -0.434. The summed E-state index contributed by atoms with van der Waals surface area (Å²) in [5, 5.41) is 6.90. The average molecular weight is 383 g/mol. The highest BCUT2D eigenvalue weighted by Crippen LogP contribution is 2.33. The predicted molar refractivity (Wildman–Crippen MR) is 96.2 cm³/mol. The Morgan fingerprint density at radius 3 is 2.64 bits per heavy atom. The van der Waals surface area contributed by atoms with Gasteiger partial charge >= 0.3 is 6.03 Å². The van der Waals surface area contributed by atoms with Gasteiger partial charge < -0.3 is 9.73 Å². The quantitative estimate of drug-likeness (QED) is 0.684. The number of urea groups is 1. The topological polar surface area (TPSA) is 93.3 Å². The van der Waals surface area contributed by atoms with E-state index in [1.165, 1.54) is 18.4 Å². The fourth-order valence-corrected chi connectivity index (χ4v) is 3.32. The van der Waals surface area contributed by atoms with E-state index in [0.29, 0.717) is 23.2 Å². The molecule has 0 unspecified atom stereocenters. The van der Waals surface area contributed by atoms with E-state index in [0.717, 1.165) is 4.90 Å². The van der Waals surface area contributed by atoms with Gasteiger partial charge in [0.1, 0.15) is 17.6 Å². The van der Waals surface area contributed by atoms with Crippen molar-refractivity contribution in [2.75, 3.05) is 0 Å². The first-order valence-electron chi connectivity index (χ1n) is 8.76. The number of carbonyl (C=O) groups excluding carboxylic acids is 2. The third-order valence-corrected chi connectivity index (χ3v) is 4.87. The molecule has 3 aromatic rings. The SMILES string of the molecule is CC[C@@]1(c2cnn(C)c2)NC(=O)N(Cc2coc(-c3ccc(F)cc3)n2)C1=O. The Hall–Kier alpha value is -3.49. The predicted octanol–water partition coefficient (Wildman–Crippen LogP) is 2.57. The van der Waals surface area contributed by atoms with Crippen LogP contribution in [0.2, 0.25) is 0 Å². The zero-order chi connectivity index (χ0) is 19.9. The van der Waals surface area contributed by atoms with Crippen molar-refractivity contribution < 1.29 is 18.4 Å². The van der Waals surface area contributed by atoms with Crippen molar-refractivity contribution in [1.29, 1.82) is 0 Å². The van der Waals surface area contributed by atoms with Crippen molar-refractivity contribution in [1.82, 2.24) is 25.0 Å². The molecule has 8 nitrogen and oxygen atoms in total. The lowest BCUT2D eigenvalue weighted by atomic mass is 9.89. The molecule has 1 atom stereocenters. The Balaban J connectivity index is 1.58. The summed E-state index contributed by atoms with van der Waals surface area (Å²) in [6.45, 7) is 1.80. The molecule has 0 spiro atoms. The second kappa shape index (κ2) is 6.59. The molecule has 4 rings (SSSR count). The molecule has 0 radical (unpaired) electrons. The number of imide groups is 1. The zero-order valence-corrected chi connectivity index (χ0v) is 15.3. The number of hydrogen-bond acceptors (Lipinski definition) is 5. The van der Waals surface area contributed by atoms with Crippen LogP contribution in [0, 0.1) is 5.82 Å². The maximum atomic E-state index is 13.1. The number of nitrogens with one attached hydrogen (secondary N) is 1. The second-order valence-electron chi connectivity index (χ2n) is 6.63. The molecule has 1 aromatic carbocycles. The first-order chi connectivity index (χ1) is 13.4. The van der Waals surface area contributed by atoms with Crippen molar-refractivity contribution in [3.63, 3.8) is 0 Å². The summed E-state index contributed by atoms with van der Waals surface area (Å²) in [5.41, 5.74) is 0.504. The van der Waals surface area contributed by atoms with Crippen LogP contribution in [0.5, 0.6) is 0 Å². The van der Waals surface area contributed by atoms with Crippen LogP contribution < -0.4 is 5.32 Å². The van der Waals surface area contributed by atoms with Crippen molar-refractivity contribution in [3.05, 3.63) is 60.0 Å². The molecule has 2 aromatic heterocycles. The van der Waals surface area contributed by atoms with E-state index in [9.17, 15) is 14.0 Å². The van der Waals surface area contributed by atoms with Gasteiger partial charge in [-0.2, -0.15) is 5.10 Å². The van der Waals surface area contributed by atoms with Gasteiger partial charge in [-0.3, -0.25) is 14.4 Å². The molecule has 1 aliphatic rings. The third-order valence-electron chi connectivity index (χ3n) is 4.87. The van der Waals surface area contributed by atoms with Gasteiger partial charge in [-0.25, -0.2) is 14.2 Å². The molecule has 0 saturated carbocycles. The van der Waals surface area contributed by atoms with E-state index in [1.807, 2.05) is 6.92 Å². The highest BCUT2D eigenvalue weighted by Gasteiger charge is 2.52. The Morgan fingerprint density at radius 1 is 1.25 bits per heavy atom. The van der Waals surface area contributed by atoms with Crippen LogP contribution >= 0.6 is 0 Å². The molecule has 0 bridgehead atoms. The molecule has 1 fully saturated rings. The third kappa shape index (κ3) is 2.84. The zero-order valence-electron chi connectivity index (χ0n) is 15.3. The Labute approximate surface area is 160 Å². The largest absolute Gasteiger partial charge is 0.444 e. The molecule has 0 aliphatic carbocycles. The van der Waals surface area contributed by atoms with Crippen LogP contribution in [0.4, 0.5) is 9.18 Å². The number of halogens is 1. The number of amides is 3. The van der Waals surface area contributed by atoms with Gasteiger partial charge in [-0.05, 0) is 30.7 Å².